The first-order valence-electron chi connectivity index (χ1n) is 9.64. The molecule has 5 nitrogen and oxygen atoms in total. The molecule has 3 aromatic rings. The highest BCUT2D eigenvalue weighted by Crippen LogP contribution is 2.31. The van der Waals surface area contributed by atoms with Gasteiger partial charge in [-0.3, -0.25) is 9.36 Å². The Labute approximate surface area is 201 Å². The van der Waals surface area contributed by atoms with Crippen LogP contribution in [0.5, 0.6) is 0 Å². The van der Waals surface area contributed by atoms with E-state index in [1.807, 2.05) is 22.8 Å². The first-order valence-corrected chi connectivity index (χ1v) is 11.9. The zero-order valence-corrected chi connectivity index (χ0v) is 20.5. The van der Waals surface area contributed by atoms with Crippen LogP contribution >= 0.6 is 46.6 Å². The van der Waals surface area contributed by atoms with Crippen molar-refractivity contribution < 1.29 is 4.79 Å². The van der Waals surface area contributed by atoms with E-state index in [2.05, 4.69) is 34.6 Å². The van der Waals surface area contributed by atoms with E-state index in [1.165, 1.54) is 11.1 Å². The van der Waals surface area contributed by atoms with Crippen LogP contribution in [0.25, 0.3) is 5.69 Å². The fourth-order valence-corrected chi connectivity index (χ4v) is 4.44. The molecule has 0 fully saturated rings. The molecular weight excluding hydrogens is 475 g/mol. The van der Waals surface area contributed by atoms with Crippen molar-refractivity contribution in [2.75, 3.05) is 5.88 Å². The summed E-state index contributed by atoms with van der Waals surface area (Å²) in [5.41, 5.74) is 2.43. The van der Waals surface area contributed by atoms with Gasteiger partial charge in [0, 0.05) is 16.7 Å². The molecule has 2 aromatic carbocycles. The van der Waals surface area contributed by atoms with Crippen LogP contribution in [0.15, 0.2) is 47.6 Å². The molecule has 0 aliphatic rings. The standard InChI is InChI=1S/C22H23Cl3N4OS/c1-14-6-4-5-7-15(14)12-31-21-28-27-19(11-26-20(30)22(2,3)13-23)29(21)18-9-8-16(24)10-17(18)25/h4-10H,11-13H2,1-3H3,(H,26,30). The first-order chi connectivity index (χ1) is 14.7. The summed E-state index contributed by atoms with van der Waals surface area (Å²) in [5.74, 6) is 1.34. The molecule has 0 aliphatic carbocycles. The van der Waals surface area contributed by atoms with Crippen molar-refractivity contribution in [3.05, 3.63) is 69.5 Å². The monoisotopic (exact) mass is 496 g/mol. The molecule has 3 rings (SSSR count). The highest BCUT2D eigenvalue weighted by molar-refractivity contribution is 7.98. The third-order valence-electron chi connectivity index (χ3n) is 4.82. The van der Waals surface area contributed by atoms with Gasteiger partial charge in [-0.2, -0.15) is 0 Å². The molecule has 0 spiro atoms. The maximum absolute atomic E-state index is 12.5. The number of thioether (sulfide) groups is 1. The van der Waals surface area contributed by atoms with Crippen LogP contribution in [0.1, 0.15) is 30.8 Å². The maximum atomic E-state index is 12.5. The number of amides is 1. The van der Waals surface area contributed by atoms with Crippen LogP contribution in [-0.4, -0.2) is 26.6 Å². The summed E-state index contributed by atoms with van der Waals surface area (Å²) in [4.78, 5) is 12.5. The second-order valence-corrected chi connectivity index (χ2v) is 9.80. The van der Waals surface area contributed by atoms with Crippen molar-refractivity contribution in [1.29, 1.82) is 0 Å². The van der Waals surface area contributed by atoms with Crippen LogP contribution in [-0.2, 0) is 17.1 Å². The number of aryl methyl sites for hydroxylation is 1. The molecule has 0 saturated heterocycles. The van der Waals surface area contributed by atoms with Gasteiger partial charge in [0.25, 0.3) is 0 Å². The normalized spacial score (nSPS) is 11.5. The summed E-state index contributed by atoms with van der Waals surface area (Å²) in [5, 5.41) is 13.3. The topological polar surface area (TPSA) is 59.8 Å². The predicted molar refractivity (Wildman–Crippen MR) is 128 cm³/mol. The first kappa shape index (κ1) is 23.9. The van der Waals surface area contributed by atoms with Crippen LogP contribution < -0.4 is 5.32 Å². The highest BCUT2D eigenvalue weighted by Gasteiger charge is 2.27. The number of nitrogens with zero attached hydrogens (tertiary/aromatic N) is 3. The lowest BCUT2D eigenvalue weighted by Crippen LogP contribution is -2.38. The van der Waals surface area contributed by atoms with Gasteiger partial charge in [-0.05, 0) is 50.1 Å². The van der Waals surface area contributed by atoms with E-state index in [1.54, 1.807) is 37.7 Å². The van der Waals surface area contributed by atoms with Gasteiger partial charge < -0.3 is 5.32 Å². The van der Waals surface area contributed by atoms with Gasteiger partial charge in [0.2, 0.25) is 5.91 Å². The fraction of sp³-hybridized carbons (Fsp3) is 0.318. The van der Waals surface area contributed by atoms with Crippen molar-refractivity contribution in [2.45, 2.75) is 38.2 Å². The quantitative estimate of drug-likeness (QED) is 0.304. The number of rotatable bonds is 8. The van der Waals surface area contributed by atoms with Gasteiger partial charge in [-0.25, -0.2) is 0 Å². The molecule has 0 bridgehead atoms. The smallest absolute Gasteiger partial charge is 0.227 e. The molecule has 9 heteroatoms. The van der Waals surface area contributed by atoms with Gasteiger partial charge in [-0.15, -0.1) is 21.8 Å². The zero-order chi connectivity index (χ0) is 22.6. The number of carbonyl (C=O) groups is 1. The second kappa shape index (κ2) is 10.3. The summed E-state index contributed by atoms with van der Waals surface area (Å²) in [6, 6.07) is 13.5. The summed E-state index contributed by atoms with van der Waals surface area (Å²) in [6.07, 6.45) is 0. The van der Waals surface area contributed by atoms with Crippen molar-refractivity contribution in [2.24, 2.45) is 5.41 Å². The molecule has 1 heterocycles. The Morgan fingerprint density at radius 3 is 2.58 bits per heavy atom. The molecule has 0 unspecified atom stereocenters. The molecule has 1 amide bonds. The molecule has 1 aromatic heterocycles. The van der Waals surface area contributed by atoms with Crippen LogP contribution in [0.2, 0.25) is 10.0 Å². The minimum absolute atomic E-state index is 0.159. The van der Waals surface area contributed by atoms with E-state index in [4.69, 9.17) is 34.8 Å². The lowest BCUT2D eigenvalue weighted by atomic mass is 9.95. The van der Waals surface area contributed by atoms with Gasteiger partial charge in [-0.1, -0.05) is 59.2 Å². The average molecular weight is 498 g/mol. The number of nitrogens with one attached hydrogen (secondary N) is 1. The lowest BCUT2D eigenvalue weighted by Gasteiger charge is -2.20. The minimum Gasteiger partial charge on any atom is -0.348 e. The average Bonchev–Trinajstić information content (AvgIpc) is 3.14. The highest BCUT2D eigenvalue weighted by atomic mass is 35.5. The molecule has 31 heavy (non-hydrogen) atoms. The van der Waals surface area contributed by atoms with E-state index in [-0.39, 0.29) is 18.3 Å². The lowest BCUT2D eigenvalue weighted by molar-refractivity contribution is -0.128. The minimum atomic E-state index is -0.688. The van der Waals surface area contributed by atoms with E-state index < -0.39 is 5.41 Å². The number of hydrogen-bond donors (Lipinski definition) is 1. The zero-order valence-electron chi connectivity index (χ0n) is 17.5. The number of benzene rings is 2. The van der Waals surface area contributed by atoms with Crippen LogP contribution in [0, 0.1) is 12.3 Å². The summed E-state index contributed by atoms with van der Waals surface area (Å²) in [7, 11) is 0. The Kier molecular flexibility index (Phi) is 7.92. The third-order valence-corrected chi connectivity index (χ3v) is 7.01. The number of alkyl halides is 1. The maximum Gasteiger partial charge on any atom is 0.227 e. The molecule has 0 radical (unpaired) electrons. The predicted octanol–water partition coefficient (Wildman–Crippen LogP) is 6.06. The Bertz CT molecular complexity index is 1080. The van der Waals surface area contributed by atoms with E-state index in [0.717, 1.165) is 5.75 Å². The van der Waals surface area contributed by atoms with Crippen molar-refractivity contribution in [3.8, 4) is 5.69 Å². The molecule has 0 saturated carbocycles. The van der Waals surface area contributed by atoms with Crippen LogP contribution in [0.3, 0.4) is 0 Å². The molecule has 0 atom stereocenters. The SMILES string of the molecule is Cc1ccccc1CSc1nnc(CNC(=O)C(C)(C)CCl)n1-c1ccc(Cl)cc1Cl. The Morgan fingerprint density at radius 1 is 1.16 bits per heavy atom. The molecular formula is C22H23Cl3N4OS. The van der Waals surface area contributed by atoms with E-state index in [9.17, 15) is 4.79 Å². The van der Waals surface area contributed by atoms with Gasteiger partial charge >= 0.3 is 0 Å². The number of carbonyl (C=O) groups excluding carboxylic acids is 1. The number of halogens is 3. The number of hydrogen-bond acceptors (Lipinski definition) is 4. The molecule has 164 valence electrons. The van der Waals surface area contributed by atoms with E-state index >= 15 is 0 Å². The molecule has 0 aliphatic heterocycles. The van der Waals surface area contributed by atoms with Gasteiger partial charge in [0.1, 0.15) is 0 Å². The number of aromatic nitrogens is 3. The Hall–Kier alpha value is -1.73. The Balaban J connectivity index is 1.92. The Morgan fingerprint density at radius 2 is 1.90 bits per heavy atom. The van der Waals surface area contributed by atoms with Gasteiger partial charge in [0.15, 0.2) is 11.0 Å². The van der Waals surface area contributed by atoms with Crippen LogP contribution in [0.4, 0.5) is 0 Å². The largest absolute Gasteiger partial charge is 0.348 e. The van der Waals surface area contributed by atoms with Gasteiger partial charge in [0.05, 0.1) is 22.7 Å². The third kappa shape index (κ3) is 5.75. The van der Waals surface area contributed by atoms with Crippen molar-refractivity contribution in [3.63, 3.8) is 0 Å². The molecule has 1 N–H and O–H groups in total. The summed E-state index contributed by atoms with van der Waals surface area (Å²) >= 11 is 20.0. The summed E-state index contributed by atoms with van der Waals surface area (Å²) in [6.45, 7) is 5.85. The summed E-state index contributed by atoms with van der Waals surface area (Å²) < 4.78 is 1.86. The van der Waals surface area contributed by atoms with Crippen molar-refractivity contribution >= 4 is 52.5 Å². The second-order valence-electron chi connectivity index (χ2n) is 7.75. The fourth-order valence-electron chi connectivity index (χ4n) is 2.79. The van der Waals surface area contributed by atoms with E-state index in [0.29, 0.717) is 26.7 Å². The van der Waals surface area contributed by atoms with Crippen molar-refractivity contribution in [1.82, 2.24) is 20.1 Å².